The number of nitrogens with one attached hydrogen (secondary N) is 1. The van der Waals surface area contributed by atoms with Gasteiger partial charge >= 0.3 is 0 Å². The van der Waals surface area contributed by atoms with Crippen LogP contribution in [0.4, 0.5) is 0 Å². The summed E-state index contributed by atoms with van der Waals surface area (Å²) in [6.45, 7) is 8.32. The maximum atomic E-state index is 12.5. The lowest BCUT2D eigenvalue weighted by atomic mass is 9.85. The van der Waals surface area contributed by atoms with Crippen LogP contribution in [-0.2, 0) is 4.79 Å². The average Bonchev–Trinajstić information content (AvgIpc) is 3.10. The molecular formula is C21H30N2O2S. The fraction of sp³-hybridized carbons (Fsp3) is 0.476. The highest BCUT2D eigenvalue weighted by Gasteiger charge is 2.28. The molecule has 0 bridgehead atoms. The molecule has 1 heterocycles. The number of likely N-dealkylation sites (N-methyl/N-ethyl adjacent to an activating group) is 1. The van der Waals surface area contributed by atoms with E-state index in [0.717, 1.165) is 18.7 Å². The summed E-state index contributed by atoms with van der Waals surface area (Å²) < 4.78 is 5.69. The van der Waals surface area contributed by atoms with Crippen molar-refractivity contribution in [3.8, 4) is 5.75 Å². The van der Waals surface area contributed by atoms with Crippen molar-refractivity contribution in [3.63, 3.8) is 0 Å². The van der Waals surface area contributed by atoms with Crippen molar-refractivity contribution in [1.29, 1.82) is 0 Å². The van der Waals surface area contributed by atoms with Gasteiger partial charge in [-0.3, -0.25) is 9.69 Å². The van der Waals surface area contributed by atoms with Crippen molar-refractivity contribution < 1.29 is 9.53 Å². The average molecular weight is 375 g/mol. The number of amides is 1. The zero-order valence-corrected chi connectivity index (χ0v) is 17.0. The Balaban J connectivity index is 1.73. The van der Waals surface area contributed by atoms with Gasteiger partial charge in [-0.25, -0.2) is 0 Å². The summed E-state index contributed by atoms with van der Waals surface area (Å²) in [6, 6.07) is 14.0. The molecule has 26 heavy (non-hydrogen) atoms. The van der Waals surface area contributed by atoms with E-state index in [9.17, 15) is 4.79 Å². The first-order valence-corrected chi connectivity index (χ1v) is 9.93. The second-order valence-corrected chi connectivity index (χ2v) is 8.61. The number of nitrogens with zero attached hydrogens (tertiary/aromatic N) is 1. The van der Waals surface area contributed by atoms with Gasteiger partial charge in [0.25, 0.3) is 0 Å². The van der Waals surface area contributed by atoms with Gasteiger partial charge in [0, 0.05) is 11.4 Å². The van der Waals surface area contributed by atoms with Crippen LogP contribution in [0.1, 0.15) is 38.1 Å². The number of thiophene rings is 1. The summed E-state index contributed by atoms with van der Waals surface area (Å²) in [5.41, 5.74) is -0.0252. The van der Waals surface area contributed by atoms with Crippen molar-refractivity contribution >= 4 is 17.2 Å². The number of rotatable bonds is 9. The predicted octanol–water partition coefficient (Wildman–Crippen LogP) is 4.35. The Morgan fingerprint density at radius 3 is 2.54 bits per heavy atom. The molecule has 0 aliphatic rings. The SMILES string of the molecule is CN(CCCOc1ccccc1)CC(=O)NC(c1cccs1)C(C)(C)C. The molecule has 0 fully saturated rings. The molecule has 0 saturated heterocycles. The van der Waals surface area contributed by atoms with Crippen LogP contribution in [0.25, 0.3) is 0 Å². The Morgan fingerprint density at radius 2 is 1.92 bits per heavy atom. The largest absolute Gasteiger partial charge is 0.494 e. The van der Waals surface area contributed by atoms with E-state index in [1.807, 2.05) is 48.3 Å². The summed E-state index contributed by atoms with van der Waals surface area (Å²) in [7, 11) is 1.97. The molecule has 5 heteroatoms. The minimum atomic E-state index is -0.0252. The molecule has 1 aromatic carbocycles. The Hall–Kier alpha value is -1.85. The number of carbonyl (C=O) groups is 1. The second-order valence-electron chi connectivity index (χ2n) is 7.63. The number of ether oxygens (including phenoxy) is 1. The maximum Gasteiger partial charge on any atom is 0.234 e. The lowest BCUT2D eigenvalue weighted by molar-refractivity contribution is -0.123. The lowest BCUT2D eigenvalue weighted by Crippen LogP contribution is -2.41. The molecule has 2 rings (SSSR count). The zero-order valence-electron chi connectivity index (χ0n) is 16.2. The third-order valence-corrected chi connectivity index (χ3v) is 5.05. The van der Waals surface area contributed by atoms with E-state index in [0.29, 0.717) is 13.2 Å². The summed E-state index contributed by atoms with van der Waals surface area (Å²) >= 11 is 1.69. The smallest absolute Gasteiger partial charge is 0.234 e. The summed E-state index contributed by atoms with van der Waals surface area (Å²) in [4.78, 5) is 15.7. The molecule has 1 N–H and O–H groups in total. The highest BCUT2D eigenvalue weighted by atomic mass is 32.1. The molecule has 142 valence electrons. The summed E-state index contributed by atoms with van der Waals surface area (Å²) in [5, 5.41) is 5.26. The molecule has 0 aliphatic carbocycles. The van der Waals surface area contributed by atoms with Gasteiger partial charge in [-0.15, -0.1) is 11.3 Å². The molecular weight excluding hydrogens is 344 g/mol. The van der Waals surface area contributed by atoms with Crippen molar-refractivity contribution in [3.05, 3.63) is 52.7 Å². The number of benzene rings is 1. The van der Waals surface area contributed by atoms with Crippen molar-refractivity contribution in [2.24, 2.45) is 5.41 Å². The van der Waals surface area contributed by atoms with E-state index in [1.54, 1.807) is 11.3 Å². The second kappa shape index (κ2) is 9.74. The first kappa shape index (κ1) is 20.5. The molecule has 1 amide bonds. The van der Waals surface area contributed by atoms with Gasteiger partial charge in [0.15, 0.2) is 0 Å². The zero-order chi connectivity index (χ0) is 19.0. The summed E-state index contributed by atoms with van der Waals surface area (Å²) in [5.74, 6) is 0.946. The third kappa shape index (κ3) is 6.81. The fourth-order valence-corrected chi connectivity index (χ4v) is 3.76. The van der Waals surface area contributed by atoms with Crippen LogP contribution < -0.4 is 10.1 Å². The van der Waals surface area contributed by atoms with Crippen molar-refractivity contribution in [2.75, 3.05) is 26.7 Å². The van der Waals surface area contributed by atoms with Crippen molar-refractivity contribution in [1.82, 2.24) is 10.2 Å². The van der Waals surface area contributed by atoms with Crippen LogP contribution in [0.5, 0.6) is 5.75 Å². The molecule has 1 atom stereocenters. The van der Waals surface area contributed by atoms with Crippen LogP contribution in [-0.4, -0.2) is 37.6 Å². The van der Waals surface area contributed by atoms with Gasteiger partial charge in [-0.2, -0.15) is 0 Å². The van der Waals surface area contributed by atoms with Gasteiger partial charge in [0.05, 0.1) is 19.2 Å². The predicted molar refractivity (Wildman–Crippen MR) is 109 cm³/mol. The van der Waals surface area contributed by atoms with E-state index in [2.05, 4.69) is 37.5 Å². The van der Waals surface area contributed by atoms with Crippen LogP contribution in [0.2, 0.25) is 0 Å². The van der Waals surface area contributed by atoms with E-state index in [4.69, 9.17) is 4.74 Å². The van der Waals surface area contributed by atoms with Gasteiger partial charge in [0.2, 0.25) is 5.91 Å². The lowest BCUT2D eigenvalue weighted by Gasteiger charge is -2.31. The van der Waals surface area contributed by atoms with Gasteiger partial charge in [-0.1, -0.05) is 45.0 Å². The molecule has 0 radical (unpaired) electrons. The molecule has 1 aromatic heterocycles. The molecule has 2 aromatic rings. The Bertz CT molecular complexity index is 650. The monoisotopic (exact) mass is 374 g/mol. The molecule has 0 saturated carbocycles. The van der Waals surface area contributed by atoms with Gasteiger partial charge < -0.3 is 10.1 Å². The van der Waals surface area contributed by atoms with Crippen LogP contribution in [0.15, 0.2) is 47.8 Å². The minimum absolute atomic E-state index is 0.0252. The minimum Gasteiger partial charge on any atom is -0.494 e. The Labute approximate surface area is 161 Å². The molecule has 1 unspecified atom stereocenters. The first-order chi connectivity index (χ1) is 12.4. The highest BCUT2D eigenvalue weighted by Crippen LogP contribution is 2.34. The highest BCUT2D eigenvalue weighted by molar-refractivity contribution is 7.10. The maximum absolute atomic E-state index is 12.5. The van der Waals surface area contributed by atoms with Gasteiger partial charge in [0.1, 0.15) is 5.75 Å². The Morgan fingerprint density at radius 1 is 1.19 bits per heavy atom. The van der Waals surface area contributed by atoms with Crippen LogP contribution in [0.3, 0.4) is 0 Å². The normalized spacial score (nSPS) is 12.8. The van der Waals surface area contributed by atoms with E-state index < -0.39 is 0 Å². The number of hydrogen-bond donors (Lipinski definition) is 1. The topological polar surface area (TPSA) is 41.6 Å². The Kier molecular flexibility index (Phi) is 7.66. The fourth-order valence-electron chi connectivity index (χ4n) is 2.74. The van der Waals surface area contributed by atoms with E-state index in [1.165, 1.54) is 4.88 Å². The van der Waals surface area contributed by atoms with Gasteiger partial charge in [-0.05, 0) is 42.5 Å². The van der Waals surface area contributed by atoms with E-state index >= 15 is 0 Å². The third-order valence-electron chi connectivity index (χ3n) is 4.11. The molecule has 4 nitrogen and oxygen atoms in total. The molecule has 0 spiro atoms. The van der Waals surface area contributed by atoms with Crippen LogP contribution in [0, 0.1) is 5.41 Å². The molecule has 0 aliphatic heterocycles. The number of para-hydroxylation sites is 1. The first-order valence-electron chi connectivity index (χ1n) is 9.05. The number of hydrogen-bond acceptors (Lipinski definition) is 4. The standard InChI is InChI=1S/C21H30N2O2S/c1-21(2,3)20(18-12-8-15-26-18)22-19(24)16-23(4)13-9-14-25-17-10-6-5-7-11-17/h5-8,10-12,15,20H,9,13-14,16H2,1-4H3,(H,22,24). The van der Waals surface area contributed by atoms with Crippen molar-refractivity contribution in [2.45, 2.75) is 33.2 Å². The quantitative estimate of drug-likeness (QED) is 0.664. The number of carbonyl (C=O) groups excluding carboxylic acids is 1. The summed E-state index contributed by atoms with van der Waals surface area (Å²) in [6.07, 6.45) is 0.881. The van der Waals surface area contributed by atoms with E-state index in [-0.39, 0.29) is 17.4 Å². The van der Waals surface area contributed by atoms with Crippen LogP contribution >= 0.6 is 11.3 Å².